The first-order valence-electron chi connectivity index (χ1n) is 11.2. The normalized spacial score (nSPS) is 19.2. The molecular weight excluding hydrogens is 428 g/mol. The van der Waals surface area contributed by atoms with E-state index in [2.05, 4.69) is 4.99 Å². The minimum absolute atomic E-state index is 0.152. The van der Waals surface area contributed by atoms with Crippen molar-refractivity contribution in [2.24, 2.45) is 4.99 Å². The summed E-state index contributed by atoms with van der Waals surface area (Å²) in [5, 5.41) is 0. The monoisotopic (exact) mass is 452 g/mol. The minimum Gasteiger partial charge on any atom is -0.454 e. The largest absolute Gasteiger partial charge is 0.454 e. The standard InChI is InChI=1S/C28H24N2O4/c1-2-22(28(32)34-25(20-14-8-4-9-15-20)21-16-10-5-11-17-21)30-26(31)24-27(30)33-23(29-24)18-19-12-6-3-7-13-19/h2-17,24-25,27H,18H2,1H3/t24-,27-/m0/s1. The Bertz CT molecular complexity index is 1200. The number of esters is 1. The molecule has 2 heterocycles. The number of hydrogen-bond acceptors (Lipinski definition) is 5. The van der Waals surface area contributed by atoms with Crippen LogP contribution in [0.25, 0.3) is 0 Å². The van der Waals surface area contributed by atoms with E-state index in [0.29, 0.717) is 12.3 Å². The quantitative estimate of drug-likeness (QED) is 0.302. The van der Waals surface area contributed by atoms with Crippen molar-refractivity contribution in [2.75, 3.05) is 0 Å². The average Bonchev–Trinajstić information content (AvgIpc) is 3.25. The Kier molecular flexibility index (Phi) is 5.95. The molecule has 6 heteroatoms. The summed E-state index contributed by atoms with van der Waals surface area (Å²) in [7, 11) is 0. The second-order valence-electron chi connectivity index (χ2n) is 8.13. The number of rotatable bonds is 7. The molecule has 2 atom stereocenters. The molecule has 0 N–H and O–H groups in total. The molecule has 0 aromatic heterocycles. The summed E-state index contributed by atoms with van der Waals surface area (Å²) < 4.78 is 11.9. The van der Waals surface area contributed by atoms with Gasteiger partial charge in [0.15, 0.2) is 18.0 Å². The maximum absolute atomic E-state index is 13.3. The van der Waals surface area contributed by atoms with Gasteiger partial charge in [-0.3, -0.25) is 9.69 Å². The van der Waals surface area contributed by atoms with E-state index in [-0.39, 0.29) is 11.6 Å². The third-order valence-electron chi connectivity index (χ3n) is 5.92. The van der Waals surface area contributed by atoms with Gasteiger partial charge in [-0.2, -0.15) is 0 Å². The van der Waals surface area contributed by atoms with Crippen LogP contribution in [0.4, 0.5) is 0 Å². The molecule has 3 aromatic rings. The number of β-lactam (4-membered cyclic amide) rings is 1. The van der Waals surface area contributed by atoms with E-state index < -0.39 is 24.3 Å². The van der Waals surface area contributed by atoms with Crippen molar-refractivity contribution < 1.29 is 19.1 Å². The molecule has 2 aliphatic rings. The first-order chi connectivity index (χ1) is 16.7. The highest BCUT2D eigenvalue weighted by Crippen LogP contribution is 2.35. The predicted octanol–water partition coefficient (Wildman–Crippen LogP) is 4.43. The molecule has 0 aliphatic carbocycles. The van der Waals surface area contributed by atoms with Gasteiger partial charge in [-0.15, -0.1) is 0 Å². The Morgan fingerprint density at radius 2 is 1.53 bits per heavy atom. The highest BCUT2D eigenvalue weighted by molar-refractivity contribution is 6.02. The molecule has 0 saturated carbocycles. The fourth-order valence-corrected chi connectivity index (χ4v) is 4.23. The number of aliphatic imine (C=N–C) groups is 1. The van der Waals surface area contributed by atoms with Crippen LogP contribution in [0.3, 0.4) is 0 Å². The average molecular weight is 453 g/mol. The van der Waals surface area contributed by atoms with Gasteiger partial charge in [0.2, 0.25) is 6.23 Å². The lowest BCUT2D eigenvalue weighted by Gasteiger charge is -2.40. The highest BCUT2D eigenvalue weighted by Gasteiger charge is 2.56. The first-order valence-corrected chi connectivity index (χ1v) is 11.2. The smallest absolute Gasteiger partial charge is 0.355 e. The molecule has 6 nitrogen and oxygen atoms in total. The number of likely N-dealkylation sites (tertiary alicyclic amines) is 1. The highest BCUT2D eigenvalue weighted by atomic mass is 16.6. The molecule has 1 saturated heterocycles. The summed E-state index contributed by atoms with van der Waals surface area (Å²) in [4.78, 5) is 31.9. The number of ether oxygens (including phenoxy) is 2. The topological polar surface area (TPSA) is 68.2 Å². The second-order valence-corrected chi connectivity index (χ2v) is 8.13. The maximum atomic E-state index is 13.3. The fourth-order valence-electron chi connectivity index (χ4n) is 4.23. The molecule has 0 unspecified atom stereocenters. The van der Waals surface area contributed by atoms with Crippen LogP contribution in [0.15, 0.2) is 108 Å². The lowest BCUT2D eigenvalue weighted by atomic mass is 10.0. The summed E-state index contributed by atoms with van der Waals surface area (Å²) in [5.74, 6) is -0.367. The van der Waals surface area contributed by atoms with E-state index in [9.17, 15) is 9.59 Å². The van der Waals surface area contributed by atoms with E-state index in [1.54, 1.807) is 13.0 Å². The Hall–Kier alpha value is -4.19. The maximum Gasteiger partial charge on any atom is 0.355 e. The zero-order valence-corrected chi connectivity index (χ0v) is 18.7. The van der Waals surface area contributed by atoms with E-state index >= 15 is 0 Å². The zero-order valence-electron chi connectivity index (χ0n) is 18.7. The van der Waals surface area contributed by atoms with Crippen molar-refractivity contribution in [3.05, 3.63) is 119 Å². The molecule has 0 spiro atoms. The van der Waals surface area contributed by atoms with Crippen LogP contribution in [0, 0.1) is 0 Å². The third kappa shape index (κ3) is 4.10. The van der Waals surface area contributed by atoms with Gasteiger partial charge in [-0.05, 0) is 23.6 Å². The lowest BCUT2D eigenvalue weighted by molar-refractivity contribution is -0.165. The fraction of sp³-hybridized carbons (Fsp3) is 0.179. The van der Waals surface area contributed by atoms with Crippen molar-refractivity contribution >= 4 is 17.8 Å². The predicted molar refractivity (Wildman–Crippen MR) is 128 cm³/mol. The minimum atomic E-state index is -0.628. The zero-order chi connectivity index (χ0) is 23.5. The molecule has 2 aliphatic heterocycles. The Morgan fingerprint density at radius 3 is 2.09 bits per heavy atom. The van der Waals surface area contributed by atoms with E-state index in [1.807, 2.05) is 91.0 Å². The van der Waals surface area contributed by atoms with Gasteiger partial charge >= 0.3 is 5.97 Å². The second kappa shape index (κ2) is 9.35. The van der Waals surface area contributed by atoms with Gasteiger partial charge in [0.25, 0.3) is 5.91 Å². The van der Waals surface area contributed by atoms with Crippen LogP contribution in [0.5, 0.6) is 0 Å². The Labute approximate surface area is 198 Å². The van der Waals surface area contributed by atoms with Crippen molar-refractivity contribution in [1.29, 1.82) is 0 Å². The number of benzene rings is 3. The lowest BCUT2D eigenvalue weighted by Crippen LogP contribution is -2.63. The molecule has 1 amide bonds. The number of carbonyl (C=O) groups excluding carboxylic acids is 2. The van der Waals surface area contributed by atoms with Crippen molar-refractivity contribution in [1.82, 2.24) is 4.90 Å². The molecule has 170 valence electrons. The Morgan fingerprint density at radius 1 is 0.971 bits per heavy atom. The van der Waals surface area contributed by atoms with E-state index in [0.717, 1.165) is 16.7 Å². The molecule has 0 bridgehead atoms. The molecule has 34 heavy (non-hydrogen) atoms. The SMILES string of the molecule is CC=C(C(=O)OC(c1ccccc1)c1ccccc1)N1C(=O)[C@@H]2N=C(Cc3ccccc3)O[C@@H]21. The van der Waals surface area contributed by atoms with Crippen LogP contribution in [0.1, 0.15) is 29.7 Å². The third-order valence-corrected chi connectivity index (χ3v) is 5.92. The Balaban J connectivity index is 1.32. The number of carbonyl (C=O) groups is 2. The van der Waals surface area contributed by atoms with Gasteiger partial charge in [0.1, 0.15) is 5.70 Å². The van der Waals surface area contributed by atoms with Crippen molar-refractivity contribution in [2.45, 2.75) is 31.7 Å². The molecule has 3 aromatic carbocycles. The number of hydrogen-bond donors (Lipinski definition) is 0. The summed E-state index contributed by atoms with van der Waals surface area (Å²) in [6.07, 6.45) is 0.847. The van der Waals surface area contributed by atoms with Gasteiger partial charge < -0.3 is 9.47 Å². The van der Waals surface area contributed by atoms with Gasteiger partial charge in [0, 0.05) is 6.42 Å². The number of amides is 1. The van der Waals surface area contributed by atoms with Crippen LogP contribution < -0.4 is 0 Å². The summed E-state index contributed by atoms with van der Waals surface area (Å²) in [6.45, 7) is 1.71. The number of fused-ring (bicyclic) bond motifs is 1. The van der Waals surface area contributed by atoms with Crippen LogP contribution in [-0.4, -0.2) is 34.9 Å². The van der Waals surface area contributed by atoms with Crippen LogP contribution in [-0.2, 0) is 25.5 Å². The van der Waals surface area contributed by atoms with Gasteiger partial charge in [0.05, 0.1) is 0 Å². The molecule has 0 radical (unpaired) electrons. The number of nitrogens with zero attached hydrogens (tertiary/aromatic N) is 2. The van der Waals surface area contributed by atoms with E-state index in [4.69, 9.17) is 9.47 Å². The number of allylic oxidation sites excluding steroid dienone is 1. The molecule has 1 fully saturated rings. The molecular formula is C28H24N2O4. The van der Waals surface area contributed by atoms with Gasteiger partial charge in [-0.1, -0.05) is 97.1 Å². The van der Waals surface area contributed by atoms with E-state index in [1.165, 1.54) is 4.90 Å². The first kappa shape index (κ1) is 21.6. The summed E-state index contributed by atoms with van der Waals surface area (Å²) in [6, 6.07) is 28.2. The van der Waals surface area contributed by atoms with Crippen LogP contribution in [0.2, 0.25) is 0 Å². The molecule has 5 rings (SSSR count). The van der Waals surface area contributed by atoms with Crippen LogP contribution >= 0.6 is 0 Å². The van der Waals surface area contributed by atoms with Crippen molar-refractivity contribution in [3.8, 4) is 0 Å². The van der Waals surface area contributed by atoms with Crippen molar-refractivity contribution in [3.63, 3.8) is 0 Å². The summed E-state index contributed by atoms with van der Waals surface area (Å²) >= 11 is 0. The summed E-state index contributed by atoms with van der Waals surface area (Å²) in [5.41, 5.74) is 2.88. The van der Waals surface area contributed by atoms with Gasteiger partial charge in [-0.25, -0.2) is 9.79 Å².